The summed E-state index contributed by atoms with van der Waals surface area (Å²) in [7, 11) is -3.44. The maximum Gasteiger partial charge on any atom is 0.414 e. The molecule has 1 atom stereocenters. The lowest BCUT2D eigenvalue weighted by Gasteiger charge is -2.32. The molecular weight excluding hydrogens is 269 g/mol. The molecule has 1 rings (SSSR count). The maximum atomic E-state index is 12.7. The number of carbonyl (C=O) groups is 1. The van der Waals surface area contributed by atoms with E-state index in [2.05, 4.69) is 0 Å². The van der Waals surface area contributed by atoms with Crippen LogP contribution >= 0.6 is 7.60 Å². The minimum Gasteiger partial charge on any atom is -0.449 e. The van der Waals surface area contributed by atoms with Crippen molar-refractivity contribution >= 4 is 13.7 Å². The molecule has 1 unspecified atom stereocenters. The van der Waals surface area contributed by atoms with Crippen molar-refractivity contribution in [2.45, 2.75) is 26.6 Å². The van der Waals surface area contributed by atoms with Gasteiger partial charge in [-0.1, -0.05) is 6.08 Å². The van der Waals surface area contributed by atoms with Crippen LogP contribution in [0.15, 0.2) is 24.4 Å². The summed E-state index contributed by atoms with van der Waals surface area (Å²) in [6, 6.07) is 0. The summed E-state index contributed by atoms with van der Waals surface area (Å²) in [6.07, 6.45) is 5.91. The van der Waals surface area contributed by atoms with Gasteiger partial charge < -0.3 is 13.8 Å². The third-order valence-electron chi connectivity index (χ3n) is 2.35. The molecule has 0 fully saturated rings. The molecule has 0 bridgehead atoms. The van der Waals surface area contributed by atoms with Gasteiger partial charge in [-0.05, 0) is 32.9 Å². The molecule has 1 heterocycles. The molecule has 0 aromatic rings. The lowest BCUT2D eigenvalue weighted by atomic mass is 10.3. The van der Waals surface area contributed by atoms with Gasteiger partial charge in [0.15, 0.2) is 5.78 Å². The highest BCUT2D eigenvalue weighted by atomic mass is 31.2. The van der Waals surface area contributed by atoms with Gasteiger partial charge in [-0.25, -0.2) is 4.79 Å². The highest BCUT2D eigenvalue weighted by Crippen LogP contribution is 2.55. The van der Waals surface area contributed by atoms with Crippen LogP contribution in [-0.2, 0) is 18.3 Å². The van der Waals surface area contributed by atoms with Crippen LogP contribution in [0.4, 0.5) is 4.79 Å². The second-order valence-corrected chi connectivity index (χ2v) is 5.75. The third-order valence-corrected chi connectivity index (χ3v) is 4.65. The minimum absolute atomic E-state index is 0.238. The molecule has 6 nitrogen and oxygen atoms in total. The predicted octanol–water partition coefficient (Wildman–Crippen LogP) is 3.12. The number of nitrogens with zero attached hydrogens (tertiary/aromatic N) is 1. The van der Waals surface area contributed by atoms with Gasteiger partial charge in [0.25, 0.3) is 0 Å². The molecule has 0 aromatic carbocycles. The molecule has 0 aromatic heterocycles. The molecule has 19 heavy (non-hydrogen) atoms. The van der Waals surface area contributed by atoms with Gasteiger partial charge in [0.2, 0.25) is 0 Å². The maximum absolute atomic E-state index is 12.7. The molecule has 0 spiro atoms. The Morgan fingerprint density at radius 1 is 1.16 bits per heavy atom. The largest absolute Gasteiger partial charge is 0.449 e. The SMILES string of the molecule is CCOC(=O)N1C=CC=CC1P(=O)(OCC)OCC. The third kappa shape index (κ3) is 3.93. The Morgan fingerprint density at radius 2 is 1.79 bits per heavy atom. The number of hydrogen-bond acceptors (Lipinski definition) is 5. The summed E-state index contributed by atoms with van der Waals surface area (Å²) in [6.45, 7) is 5.88. The van der Waals surface area contributed by atoms with Crippen molar-refractivity contribution in [1.29, 1.82) is 0 Å². The number of ether oxygens (including phenoxy) is 1. The first-order chi connectivity index (χ1) is 9.09. The highest BCUT2D eigenvalue weighted by Gasteiger charge is 2.41. The van der Waals surface area contributed by atoms with E-state index in [0.29, 0.717) is 0 Å². The normalized spacial score (nSPS) is 18.7. The molecule has 7 heteroatoms. The summed E-state index contributed by atoms with van der Waals surface area (Å²) in [5, 5.41) is 0. The van der Waals surface area contributed by atoms with Crippen LogP contribution < -0.4 is 0 Å². The van der Waals surface area contributed by atoms with Crippen molar-refractivity contribution in [2.75, 3.05) is 19.8 Å². The first-order valence-corrected chi connectivity index (χ1v) is 7.89. The summed E-state index contributed by atoms with van der Waals surface area (Å²) < 4.78 is 28.2. The fourth-order valence-corrected chi connectivity index (χ4v) is 3.55. The Balaban J connectivity index is 2.98. The second-order valence-electron chi connectivity index (χ2n) is 3.62. The number of allylic oxidation sites excluding steroid dienone is 2. The van der Waals surface area contributed by atoms with Gasteiger partial charge in [0.1, 0.15) is 0 Å². The molecule has 0 radical (unpaired) electrons. The molecule has 1 aliphatic heterocycles. The molecule has 1 aliphatic rings. The molecule has 0 saturated carbocycles. The molecule has 108 valence electrons. The highest BCUT2D eigenvalue weighted by molar-refractivity contribution is 7.54. The Labute approximate surface area is 113 Å². The minimum atomic E-state index is -3.44. The van der Waals surface area contributed by atoms with Crippen LogP contribution in [0.3, 0.4) is 0 Å². The summed E-state index contributed by atoms with van der Waals surface area (Å²) in [4.78, 5) is 13.1. The zero-order valence-electron chi connectivity index (χ0n) is 11.4. The van der Waals surface area contributed by atoms with E-state index in [-0.39, 0.29) is 19.8 Å². The number of amides is 1. The standard InChI is InChI=1S/C12H20NO5P/c1-4-16-12(14)13-10-8-7-9-11(13)19(15,17-5-2)18-6-3/h7-11H,4-6H2,1-3H3. The molecule has 0 N–H and O–H groups in total. The van der Waals surface area contributed by atoms with E-state index < -0.39 is 19.5 Å². The number of rotatable bonds is 6. The van der Waals surface area contributed by atoms with Crippen LogP contribution in [-0.4, -0.2) is 36.6 Å². The Morgan fingerprint density at radius 3 is 2.32 bits per heavy atom. The van der Waals surface area contributed by atoms with E-state index in [1.807, 2.05) is 0 Å². The van der Waals surface area contributed by atoms with Gasteiger partial charge in [-0.15, -0.1) is 0 Å². The number of carbonyl (C=O) groups excluding carboxylic acids is 1. The van der Waals surface area contributed by atoms with Crippen molar-refractivity contribution in [1.82, 2.24) is 4.90 Å². The average Bonchev–Trinajstić information content (AvgIpc) is 2.39. The topological polar surface area (TPSA) is 65.1 Å². The fraction of sp³-hybridized carbons (Fsp3) is 0.583. The zero-order valence-corrected chi connectivity index (χ0v) is 12.3. The van der Waals surface area contributed by atoms with Crippen molar-refractivity contribution in [2.24, 2.45) is 0 Å². The molecular formula is C12H20NO5P. The van der Waals surface area contributed by atoms with E-state index in [1.165, 1.54) is 11.1 Å². The zero-order chi connectivity index (χ0) is 14.3. The van der Waals surface area contributed by atoms with Gasteiger partial charge in [-0.2, -0.15) is 0 Å². The first-order valence-electron chi connectivity index (χ1n) is 6.27. The smallest absolute Gasteiger partial charge is 0.414 e. The van der Waals surface area contributed by atoms with E-state index >= 15 is 0 Å². The quantitative estimate of drug-likeness (QED) is 0.703. The van der Waals surface area contributed by atoms with Crippen molar-refractivity contribution in [3.05, 3.63) is 24.4 Å². The summed E-state index contributed by atoms with van der Waals surface area (Å²) in [5.41, 5.74) is 0. The van der Waals surface area contributed by atoms with Gasteiger partial charge in [0, 0.05) is 6.20 Å². The molecule has 0 aliphatic carbocycles. The van der Waals surface area contributed by atoms with Gasteiger partial charge in [0.05, 0.1) is 19.8 Å². The lowest BCUT2D eigenvalue weighted by molar-refractivity contribution is 0.115. The molecule has 0 saturated heterocycles. The van der Waals surface area contributed by atoms with Crippen molar-refractivity contribution in [3.63, 3.8) is 0 Å². The second kappa shape index (κ2) is 7.48. The van der Waals surface area contributed by atoms with Gasteiger partial charge in [-0.3, -0.25) is 9.46 Å². The lowest BCUT2D eigenvalue weighted by Crippen LogP contribution is -2.37. The van der Waals surface area contributed by atoms with Crippen LogP contribution in [0.2, 0.25) is 0 Å². The summed E-state index contributed by atoms with van der Waals surface area (Å²) in [5.74, 6) is -0.795. The fourth-order valence-electron chi connectivity index (χ4n) is 1.66. The van der Waals surface area contributed by atoms with E-state index in [9.17, 15) is 9.36 Å². The predicted molar refractivity (Wildman–Crippen MR) is 71.8 cm³/mol. The van der Waals surface area contributed by atoms with E-state index in [1.54, 1.807) is 39.0 Å². The van der Waals surface area contributed by atoms with Crippen LogP contribution in [0.5, 0.6) is 0 Å². The van der Waals surface area contributed by atoms with Crippen LogP contribution in [0.25, 0.3) is 0 Å². The first kappa shape index (κ1) is 16.0. The Hall–Kier alpha value is -1.10. The van der Waals surface area contributed by atoms with Crippen LogP contribution in [0.1, 0.15) is 20.8 Å². The van der Waals surface area contributed by atoms with E-state index in [4.69, 9.17) is 13.8 Å². The Bertz CT molecular complexity index is 397. The monoisotopic (exact) mass is 289 g/mol. The average molecular weight is 289 g/mol. The van der Waals surface area contributed by atoms with Crippen molar-refractivity contribution in [3.8, 4) is 0 Å². The number of hydrogen-bond donors (Lipinski definition) is 0. The van der Waals surface area contributed by atoms with Crippen LogP contribution in [0, 0.1) is 0 Å². The summed E-state index contributed by atoms with van der Waals surface area (Å²) >= 11 is 0. The Kier molecular flexibility index (Phi) is 6.28. The van der Waals surface area contributed by atoms with Crippen molar-refractivity contribution < 1.29 is 23.1 Å². The van der Waals surface area contributed by atoms with Gasteiger partial charge >= 0.3 is 13.7 Å². The molecule has 1 amide bonds. The van der Waals surface area contributed by atoms with E-state index in [0.717, 1.165) is 0 Å².